The molecule has 1 saturated carbocycles. The van der Waals surface area contributed by atoms with E-state index in [2.05, 4.69) is 37.1 Å². The van der Waals surface area contributed by atoms with Crippen LogP contribution in [-0.2, 0) is 0 Å². The summed E-state index contributed by atoms with van der Waals surface area (Å²) in [4.78, 5) is 2.65. The van der Waals surface area contributed by atoms with E-state index in [4.69, 9.17) is 0 Å². The minimum absolute atomic E-state index is 0.245. The standard InChI is InChI=1S/C16H29N3/c1-4-15(3)8-10-19(11-9-15)14-6-7-16(12-14,13-17)18-5-2/h14,18H,4-12H2,1-3H3. The normalized spacial score (nSPS) is 35.2. The van der Waals surface area contributed by atoms with Gasteiger partial charge >= 0.3 is 0 Å². The molecule has 2 atom stereocenters. The molecule has 2 unspecified atom stereocenters. The lowest BCUT2D eigenvalue weighted by Gasteiger charge is -2.41. The van der Waals surface area contributed by atoms with Crippen molar-refractivity contribution >= 4 is 0 Å². The van der Waals surface area contributed by atoms with Gasteiger partial charge in [0.05, 0.1) is 6.07 Å². The van der Waals surface area contributed by atoms with Crippen molar-refractivity contribution in [3.63, 3.8) is 0 Å². The van der Waals surface area contributed by atoms with Crippen molar-refractivity contribution in [2.24, 2.45) is 5.41 Å². The SMILES string of the molecule is CCNC1(C#N)CCC(N2CCC(C)(CC)CC2)C1. The lowest BCUT2D eigenvalue weighted by atomic mass is 9.78. The van der Waals surface area contributed by atoms with Crippen LogP contribution in [0.4, 0.5) is 0 Å². The first-order valence-electron chi connectivity index (χ1n) is 7.97. The summed E-state index contributed by atoms with van der Waals surface area (Å²) < 4.78 is 0. The monoisotopic (exact) mass is 263 g/mol. The van der Waals surface area contributed by atoms with Crippen LogP contribution in [-0.4, -0.2) is 36.1 Å². The molecular formula is C16H29N3. The van der Waals surface area contributed by atoms with Crippen molar-refractivity contribution in [3.8, 4) is 6.07 Å². The van der Waals surface area contributed by atoms with Crippen LogP contribution in [0.25, 0.3) is 0 Å². The van der Waals surface area contributed by atoms with Crippen LogP contribution >= 0.6 is 0 Å². The minimum Gasteiger partial charge on any atom is -0.300 e. The average molecular weight is 263 g/mol. The molecule has 0 radical (unpaired) electrons. The summed E-state index contributed by atoms with van der Waals surface area (Å²) in [5, 5.41) is 12.9. The highest BCUT2D eigenvalue weighted by molar-refractivity contribution is 5.13. The Morgan fingerprint density at radius 1 is 1.26 bits per heavy atom. The molecule has 108 valence electrons. The third-order valence-corrected chi connectivity index (χ3v) is 5.59. The molecule has 0 amide bonds. The van der Waals surface area contributed by atoms with Gasteiger partial charge in [-0.3, -0.25) is 5.32 Å². The molecule has 1 N–H and O–H groups in total. The molecule has 0 bridgehead atoms. The molecule has 1 aliphatic carbocycles. The molecular weight excluding hydrogens is 234 g/mol. The minimum atomic E-state index is -0.245. The molecule has 1 heterocycles. The maximum Gasteiger partial charge on any atom is 0.108 e. The number of nitrogens with zero attached hydrogens (tertiary/aromatic N) is 2. The van der Waals surface area contributed by atoms with Crippen LogP contribution in [0.15, 0.2) is 0 Å². The lowest BCUT2D eigenvalue weighted by Crippen LogP contribution is -2.46. The first-order valence-corrected chi connectivity index (χ1v) is 7.97. The summed E-state index contributed by atoms with van der Waals surface area (Å²) in [5.74, 6) is 0. The van der Waals surface area contributed by atoms with Gasteiger partial charge in [0.2, 0.25) is 0 Å². The predicted molar refractivity (Wildman–Crippen MR) is 78.9 cm³/mol. The molecule has 19 heavy (non-hydrogen) atoms. The Kier molecular flexibility index (Phi) is 4.53. The number of hydrogen-bond donors (Lipinski definition) is 1. The second kappa shape index (κ2) is 5.81. The topological polar surface area (TPSA) is 39.1 Å². The lowest BCUT2D eigenvalue weighted by molar-refractivity contribution is 0.0806. The molecule has 3 heteroatoms. The molecule has 1 saturated heterocycles. The van der Waals surface area contributed by atoms with Crippen molar-refractivity contribution in [1.82, 2.24) is 10.2 Å². The number of likely N-dealkylation sites (tertiary alicyclic amines) is 1. The summed E-state index contributed by atoms with van der Waals surface area (Å²) >= 11 is 0. The van der Waals surface area contributed by atoms with Crippen LogP contribution in [0, 0.1) is 16.7 Å². The quantitative estimate of drug-likeness (QED) is 0.847. The van der Waals surface area contributed by atoms with Crippen LogP contribution in [0.1, 0.15) is 59.3 Å². The predicted octanol–water partition coefficient (Wildman–Crippen LogP) is 2.92. The highest BCUT2D eigenvalue weighted by Gasteiger charge is 2.42. The molecule has 3 nitrogen and oxygen atoms in total. The summed E-state index contributed by atoms with van der Waals surface area (Å²) in [6, 6.07) is 3.16. The number of piperidine rings is 1. The molecule has 0 aromatic carbocycles. The first kappa shape index (κ1) is 14.8. The largest absolute Gasteiger partial charge is 0.300 e. The Hall–Kier alpha value is -0.590. The zero-order chi connectivity index (χ0) is 13.9. The third-order valence-electron chi connectivity index (χ3n) is 5.59. The Labute approximate surface area is 118 Å². The molecule has 1 aliphatic heterocycles. The van der Waals surface area contributed by atoms with E-state index >= 15 is 0 Å². The van der Waals surface area contributed by atoms with E-state index in [0.29, 0.717) is 11.5 Å². The van der Waals surface area contributed by atoms with Gasteiger partial charge in [0.15, 0.2) is 0 Å². The van der Waals surface area contributed by atoms with Crippen molar-refractivity contribution in [3.05, 3.63) is 0 Å². The molecule has 2 fully saturated rings. The maximum atomic E-state index is 9.45. The van der Waals surface area contributed by atoms with E-state index in [1.807, 2.05) is 0 Å². The van der Waals surface area contributed by atoms with E-state index in [-0.39, 0.29) is 5.54 Å². The van der Waals surface area contributed by atoms with Gasteiger partial charge < -0.3 is 4.90 Å². The summed E-state index contributed by atoms with van der Waals surface area (Å²) in [5.41, 5.74) is 0.314. The van der Waals surface area contributed by atoms with Gasteiger partial charge in [0.1, 0.15) is 5.54 Å². The Morgan fingerprint density at radius 2 is 1.95 bits per heavy atom. The molecule has 0 spiro atoms. The van der Waals surface area contributed by atoms with Gasteiger partial charge in [0, 0.05) is 6.04 Å². The second-order valence-electron chi connectivity index (χ2n) is 6.82. The highest BCUT2D eigenvalue weighted by atomic mass is 15.2. The van der Waals surface area contributed by atoms with E-state index < -0.39 is 0 Å². The first-order chi connectivity index (χ1) is 9.06. The van der Waals surface area contributed by atoms with E-state index in [9.17, 15) is 5.26 Å². The van der Waals surface area contributed by atoms with Gasteiger partial charge in [-0.2, -0.15) is 5.26 Å². The molecule has 0 aromatic heterocycles. The number of nitriles is 1. The van der Waals surface area contributed by atoms with Crippen molar-refractivity contribution < 1.29 is 0 Å². The summed E-state index contributed by atoms with van der Waals surface area (Å²) in [7, 11) is 0. The average Bonchev–Trinajstić information content (AvgIpc) is 2.85. The van der Waals surface area contributed by atoms with Gasteiger partial charge in [-0.05, 0) is 57.2 Å². The summed E-state index contributed by atoms with van der Waals surface area (Å²) in [6.07, 6.45) is 7.15. The second-order valence-corrected chi connectivity index (χ2v) is 6.82. The van der Waals surface area contributed by atoms with Gasteiger partial charge in [0.25, 0.3) is 0 Å². The smallest absolute Gasteiger partial charge is 0.108 e. The Morgan fingerprint density at radius 3 is 2.47 bits per heavy atom. The Bertz CT molecular complexity index is 338. The van der Waals surface area contributed by atoms with Gasteiger partial charge in [-0.25, -0.2) is 0 Å². The van der Waals surface area contributed by atoms with Gasteiger partial charge in [-0.1, -0.05) is 27.2 Å². The fourth-order valence-corrected chi connectivity index (χ4v) is 3.75. The third kappa shape index (κ3) is 3.12. The number of hydrogen-bond acceptors (Lipinski definition) is 3. The molecule has 2 aliphatic rings. The van der Waals surface area contributed by atoms with E-state index in [1.54, 1.807) is 0 Å². The van der Waals surface area contributed by atoms with Gasteiger partial charge in [-0.15, -0.1) is 0 Å². The van der Waals surface area contributed by atoms with Crippen LogP contribution in [0.5, 0.6) is 0 Å². The van der Waals surface area contributed by atoms with Crippen molar-refractivity contribution in [2.75, 3.05) is 19.6 Å². The van der Waals surface area contributed by atoms with Crippen LogP contribution in [0.3, 0.4) is 0 Å². The zero-order valence-electron chi connectivity index (χ0n) is 12.8. The van der Waals surface area contributed by atoms with Crippen LogP contribution in [0.2, 0.25) is 0 Å². The fraction of sp³-hybridized carbons (Fsp3) is 0.938. The highest BCUT2D eigenvalue weighted by Crippen LogP contribution is 2.39. The zero-order valence-corrected chi connectivity index (χ0v) is 12.8. The van der Waals surface area contributed by atoms with E-state index in [1.165, 1.54) is 38.8 Å². The van der Waals surface area contributed by atoms with Crippen molar-refractivity contribution in [2.45, 2.75) is 70.9 Å². The molecule has 2 rings (SSSR count). The number of nitrogens with one attached hydrogen (secondary N) is 1. The van der Waals surface area contributed by atoms with Crippen LogP contribution < -0.4 is 5.32 Å². The maximum absolute atomic E-state index is 9.45. The fourth-order valence-electron chi connectivity index (χ4n) is 3.75. The Balaban J connectivity index is 1.90. The van der Waals surface area contributed by atoms with E-state index in [0.717, 1.165) is 19.4 Å². The molecule has 0 aromatic rings. The van der Waals surface area contributed by atoms with Crippen molar-refractivity contribution in [1.29, 1.82) is 5.26 Å². The number of rotatable bonds is 4. The summed E-state index contributed by atoms with van der Waals surface area (Å²) in [6.45, 7) is 10.2.